The first kappa shape index (κ1) is 15.5. The number of carbonyl (C=O) groups excluding carboxylic acids is 1. The summed E-state index contributed by atoms with van der Waals surface area (Å²) < 4.78 is 0.821. The summed E-state index contributed by atoms with van der Waals surface area (Å²) in [6.07, 6.45) is 1.36. The highest BCUT2D eigenvalue weighted by Gasteiger charge is 2.10. The normalized spacial score (nSPS) is 11.2. The maximum Gasteiger partial charge on any atom is 0.274 e. The molecule has 4 N–H and O–H groups in total. The number of oxime groups is 1. The molecule has 0 saturated carbocycles. The minimum Gasteiger partial charge on any atom is -0.409 e. The number of rotatable bonds is 3. The van der Waals surface area contributed by atoms with Crippen molar-refractivity contribution in [2.45, 2.75) is 0 Å². The van der Waals surface area contributed by atoms with Crippen molar-refractivity contribution in [2.24, 2.45) is 10.9 Å². The SMILES string of the molecule is N/C(=N/O)c1ccc(C(=O)Nc2ccc(Cl)cc2I)nc1. The van der Waals surface area contributed by atoms with Crippen molar-refractivity contribution in [1.82, 2.24) is 4.98 Å². The van der Waals surface area contributed by atoms with Crippen LogP contribution in [0.1, 0.15) is 16.1 Å². The first-order valence-electron chi connectivity index (χ1n) is 5.71. The number of hydrogen-bond acceptors (Lipinski definition) is 4. The largest absolute Gasteiger partial charge is 0.409 e. The number of pyridine rings is 1. The van der Waals surface area contributed by atoms with E-state index < -0.39 is 0 Å². The molecule has 0 aliphatic carbocycles. The molecule has 0 atom stereocenters. The summed E-state index contributed by atoms with van der Waals surface area (Å²) in [6.45, 7) is 0. The third-order valence-electron chi connectivity index (χ3n) is 2.58. The molecule has 1 heterocycles. The molecule has 2 rings (SSSR count). The Hall–Kier alpha value is -1.87. The number of benzene rings is 1. The van der Waals surface area contributed by atoms with E-state index >= 15 is 0 Å². The van der Waals surface area contributed by atoms with Crippen molar-refractivity contribution in [3.05, 3.63) is 56.4 Å². The monoisotopic (exact) mass is 416 g/mol. The zero-order valence-corrected chi connectivity index (χ0v) is 13.5. The molecule has 21 heavy (non-hydrogen) atoms. The van der Waals surface area contributed by atoms with Gasteiger partial charge in [0.25, 0.3) is 5.91 Å². The van der Waals surface area contributed by atoms with Crippen LogP contribution in [-0.2, 0) is 0 Å². The third-order valence-corrected chi connectivity index (χ3v) is 3.71. The molecule has 0 saturated heterocycles. The Balaban J connectivity index is 2.17. The van der Waals surface area contributed by atoms with E-state index in [4.69, 9.17) is 22.5 Å². The molecule has 108 valence electrons. The van der Waals surface area contributed by atoms with E-state index in [9.17, 15) is 4.79 Å². The molecule has 6 nitrogen and oxygen atoms in total. The van der Waals surface area contributed by atoms with Gasteiger partial charge in [-0.1, -0.05) is 16.8 Å². The molecule has 0 aliphatic rings. The number of amides is 1. The number of carbonyl (C=O) groups is 1. The van der Waals surface area contributed by atoms with Crippen molar-refractivity contribution < 1.29 is 10.0 Å². The van der Waals surface area contributed by atoms with Crippen molar-refractivity contribution >= 4 is 51.6 Å². The molecule has 1 amide bonds. The summed E-state index contributed by atoms with van der Waals surface area (Å²) in [5, 5.41) is 14.8. The van der Waals surface area contributed by atoms with Gasteiger partial charge in [-0.25, -0.2) is 0 Å². The Bertz CT molecular complexity index is 704. The van der Waals surface area contributed by atoms with Gasteiger partial charge in [0.15, 0.2) is 5.84 Å². The molecule has 8 heteroatoms. The van der Waals surface area contributed by atoms with Crippen molar-refractivity contribution in [1.29, 1.82) is 0 Å². The van der Waals surface area contributed by atoms with Gasteiger partial charge in [-0.3, -0.25) is 9.78 Å². The van der Waals surface area contributed by atoms with Crippen molar-refractivity contribution in [3.63, 3.8) is 0 Å². The Morgan fingerprint density at radius 2 is 2.14 bits per heavy atom. The Labute approximate surface area is 139 Å². The van der Waals surface area contributed by atoms with E-state index in [0.29, 0.717) is 16.3 Å². The molecule has 0 unspecified atom stereocenters. The number of aromatic nitrogens is 1. The van der Waals surface area contributed by atoms with E-state index in [2.05, 4.69) is 38.0 Å². The summed E-state index contributed by atoms with van der Waals surface area (Å²) in [5.74, 6) is -0.428. The first-order valence-corrected chi connectivity index (χ1v) is 7.17. The van der Waals surface area contributed by atoms with Crippen LogP contribution in [0.25, 0.3) is 0 Å². The predicted octanol–water partition coefficient (Wildman–Crippen LogP) is 2.69. The average Bonchev–Trinajstić information content (AvgIpc) is 2.49. The quantitative estimate of drug-likeness (QED) is 0.235. The van der Waals surface area contributed by atoms with Gasteiger partial charge in [0.05, 0.1) is 5.69 Å². The third kappa shape index (κ3) is 3.82. The van der Waals surface area contributed by atoms with Crippen molar-refractivity contribution in [2.75, 3.05) is 5.32 Å². The number of nitrogens with two attached hydrogens (primary N) is 1. The average molecular weight is 417 g/mol. The molecule has 0 bridgehead atoms. The molecular weight excluding hydrogens is 407 g/mol. The highest BCUT2D eigenvalue weighted by atomic mass is 127. The molecule has 1 aromatic heterocycles. The number of hydrogen-bond donors (Lipinski definition) is 3. The fourth-order valence-corrected chi connectivity index (χ4v) is 2.52. The lowest BCUT2D eigenvalue weighted by Gasteiger charge is -2.07. The van der Waals surface area contributed by atoms with Gasteiger partial charge in [0.2, 0.25) is 0 Å². The second kappa shape index (κ2) is 6.72. The van der Waals surface area contributed by atoms with Gasteiger partial charge in [0.1, 0.15) is 5.69 Å². The van der Waals surface area contributed by atoms with Crippen LogP contribution < -0.4 is 11.1 Å². The Morgan fingerprint density at radius 1 is 1.38 bits per heavy atom. The summed E-state index contributed by atoms with van der Waals surface area (Å²) in [4.78, 5) is 16.1. The van der Waals surface area contributed by atoms with Crippen LogP contribution in [0.4, 0.5) is 5.69 Å². The minimum atomic E-state index is -0.360. The molecule has 2 aromatic rings. The van der Waals surface area contributed by atoms with Gasteiger partial charge < -0.3 is 16.3 Å². The Morgan fingerprint density at radius 3 is 2.71 bits per heavy atom. The fraction of sp³-hybridized carbons (Fsp3) is 0. The molecule has 0 spiro atoms. The summed E-state index contributed by atoms with van der Waals surface area (Å²) >= 11 is 7.94. The van der Waals surface area contributed by atoms with Crippen LogP contribution in [0, 0.1) is 3.57 Å². The van der Waals surface area contributed by atoms with E-state index in [1.54, 1.807) is 24.3 Å². The molecular formula is C13H10ClIN4O2. The van der Waals surface area contributed by atoms with Gasteiger partial charge in [-0.2, -0.15) is 0 Å². The number of nitrogens with zero attached hydrogens (tertiary/aromatic N) is 2. The number of halogens is 2. The van der Waals surface area contributed by atoms with E-state index in [1.807, 2.05) is 0 Å². The number of amidine groups is 1. The molecule has 0 aliphatic heterocycles. The summed E-state index contributed by atoms with van der Waals surface area (Å²) in [5.41, 5.74) is 6.71. The van der Waals surface area contributed by atoms with Crippen molar-refractivity contribution in [3.8, 4) is 0 Å². The van der Waals surface area contributed by atoms with Gasteiger partial charge in [-0.05, 0) is 52.9 Å². The van der Waals surface area contributed by atoms with E-state index in [0.717, 1.165) is 3.57 Å². The van der Waals surface area contributed by atoms with E-state index in [-0.39, 0.29) is 17.4 Å². The van der Waals surface area contributed by atoms with E-state index in [1.165, 1.54) is 12.3 Å². The maximum absolute atomic E-state index is 12.1. The second-order valence-corrected chi connectivity index (χ2v) is 5.59. The minimum absolute atomic E-state index is 0.0679. The smallest absolute Gasteiger partial charge is 0.274 e. The van der Waals surface area contributed by atoms with Crippen LogP contribution in [0.5, 0.6) is 0 Å². The van der Waals surface area contributed by atoms with Gasteiger partial charge in [0, 0.05) is 20.4 Å². The lowest BCUT2D eigenvalue weighted by Crippen LogP contribution is -2.17. The lowest BCUT2D eigenvalue weighted by atomic mass is 10.2. The van der Waals surface area contributed by atoms with Crippen LogP contribution in [0.3, 0.4) is 0 Å². The highest BCUT2D eigenvalue weighted by Crippen LogP contribution is 2.22. The topological polar surface area (TPSA) is 101 Å². The molecule has 1 aromatic carbocycles. The molecule has 0 radical (unpaired) electrons. The zero-order chi connectivity index (χ0) is 15.4. The van der Waals surface area contributed by atoms with Crippen LogP contribution in [-0.4, -0.2) is 21.9 Å². The number of anilines is 1. The van der Waals surface area contributed by atoms with Crippen LogP contribution in [0.15, 0.2) is 41.7 Å². The van der Waals surface area contributed by atoms with Crippen LogP contribution >= 0.6 is 34.2 Å². The lowest BCUT2D eigenvalue weighted by molar-refractivity contribution is 0.102. The fourth-order valence-electron chi connectivity index (χ4n) is 1.51. The highest BCUT2D eigenvalue weighted by molar-refractivity contribution is 14.1. The predicted molar refractivity (Wildman–Crippen MR) is 88.9 cm³/mol. The van der Waals surface area contributed by atoms with Gasteiger partial charge >= 0.3 is 0 Å². The Kier molecular flexibility index (Phi) is 4.97. The second-order valence-electron chi connectivity index (χ2n) is 4.00. The number of nitrogens with one attached hydrogen (secondary N) is 1. The maximum atomic E-state index is 12.1. The zero-order valence-electron chi connectivity index (χ0n) is 10.5. The van der Waals surface area contributed by atoms with Gasteiger partial charge in [-0.15, -0.1) is 0 Å². The standard InChI is InChI=1S/C13H10ClIN4O2/c14-8-2-4-10(9(15)5-8)18-13(20)11-3-1-7(6-17-11)12(16)19-21/h1-6,21H,(H2,16,19)(H,18,20). The summed E-state index contributed by atoms with van der Waals surface area (Å²) in [7, 11) is 0. The first-order chi connectivity index (χ1) is 10.0. The molecule has 0 fully saturated rings. The van der Waals surface area contributed by atoms with Crippen LogP contribution in [0.2, 0.25) is 5.02 Å². The summed E-state index contributed by atoms with van der Waals surface area (Å²) in [6, 6.07) is 8.18.